The third-order valence-electron chi connectivity index (χ3n) is 9.72. The van der Waals surface area contributed by atoms with E-state index in [2.05, 4.69) is 151 Å². The van der Waals surface area contributed by atoms with Crippen LogP contribution in [0.25, 0.3) is 93.2 Å². The minimum absolute atomic E-state index is 0.853. The lowest BCUT2D eigenvalue weighted by Gasteiger charge is -2.19. The molecule has 228 valence electrons. The second-order valence-electron chi connectivity index (χ2n) is 12.5. The topological polar surface area (TPSA) is 43.6 Å². The summed E-state index contributed by atoms with van der Waals surface area (Å²) in [5.74, 6) is 0. The predicted molar refractivity (Wildman–Crippen MR) is 203 cm³/mol. The van der Waals surface area contributed by atoms with Crippen molar-refractivity contribution in [3.63, 3.8) is 0 Å². The van der Waals surface area contributed by atoms with Crippen LogP contribution in [0.5, 0.6) is 0 Å². The van der Waals surface area contributed by atoms with Crippen LogP contribution in [0, 0.1) is 0 Å². The van der Waals surface area contributed by atoms with E-state index in [9.17, 15) is 0 Å². The number of nitrogens with zero attached hydrogens (tertiary/aromatic N) is 4. The van der Waals surface area contributed by atoms with Crippen molar-refractivity contribution < 1.29 is 0 Å². The number of hydrogen-bond donors (Lipinski definition) is 0. The SMILES string of the molecule is c1cncc(-c2cccc(-n3nc4cc(-c5c6ccccc6c(-c6cccc7ccccc67)c6ccccc56)c5ccccc5c4n3)c2)c1. The van der Waals surface area contributed by atoms with Crippen LogP contribution in [-0.2, 0) is 0 Å². The maximum Gasteiger partial charge on any atom is 0.121 e. The van der Waals surface area contributed by atoms with Gasteiger partial charge in [0.25, 0.3) is 0 Å². The van der Waals surface area contributed by atoms with E-state index in [-0.39, 0.29) is 0 Å². The lowest BCUT2D eigenvalue weighted by atomic mass is 9.83. The van der Waals surface area contributed by atoms with Crippen LogP contribution in [-0.4, -0.2) is 20.0 Å². The molecule has 0 fully saturated rings. The third kappa shape index (κ3) is 4.35. The largest absolute Gasteiger partial charge is 0.264 e. The van der Waals surface area contributed by atoms with Crippen LogP contribution in [0.1, 0.15) is 0 Å². The Labute approximate surface area is 282 Å². The van der Waals surface area contributed by atoms with Crippen molar-refractivity contribution in [1.29, 1.82) is 0 Å². The van der Waals surface area contributed by atoms with Crippen molar-refractivity contribution in [2.24, 2.45) is 0 Å². The molecule has 0 aliphatic carbocycles. The molecule has 0 saturated carbocycles. The van der Waals surface area contributed by atoms with Gasteiger partial charge < -0.3 is 0 Å². The molecule has 0 aliphatic heterocycles. The molecule has 0 atom stereocenters. The summed E-state index contributed by atoms with van der Waals surface area (Å²) in [5, 5.41) is 19.8. The van der Waals surface area contributed by atoms with E-state index < -0.39 is 0 Å². The molecule has 10 aromatic rings. The number of fused-ring (bicyclic) bond motifs is 6. The highest BCUT2D eigenvalue weighted by atomic mass is 15.5. The zero-order valence-electron chi connectivity index (χ0n) is 26.5. The first kappa shape index (κ1) is 27.5. The lowest BCUT2D eigenvalue weighted by Crippen LogP contribution is -1.98. The first-order chi connectivity index (χ1) is 24.3. The zero-order chi connectivity index (χ0) is 32.3. The number of benzene rings is 8. The molecule has 0 N–H and O–H groups in total. The van der Waals surface area contributed by atoms with Crippen LogP contribution in [0.2, 0.25) is 0 Å². The molecule has 0 aliphatic rings. The lowest BCUT2D eigenvalue weighted by molar-refractivity contribution is 0.766. The van der Waals surface area contributed by atoms with Crippen LogP contribution in [0.3, 0.4) is 0 Å². The molecule has 0 bridgehead atoms. The standard InChI is InChI=1S/C45H28N4/c1-2-17-33-29(12-1)13-10-24-35(33)43-36-19-4-6-21-38(36)44(39-22-7-5-20-37(39)43)41-27-42-45(40-23-8-3-18-34(40)41)48-49(47-42)32-16-9-14-30(26-32)31-15-11-25-46-28-31/h1-28H. The molecule has 0 unspecified atom stereocenters. The quantitative estimate of drug-likeness (QED) is 0.183. The molecule has 8 aromatic carbocycles. The van der Waals surface area contributed by atoms with E-state index in [0.717, 1.165) is 44.2 Å². The van der Waals surface area contributed by atoms with Crippen LogP contribution >= 0.6 is 0 Å². The average Bonchev–Trinajstić information content (AvgIpc) is 3.62. The fourth-order valence-electron chi connectivity index (χ4n) is 7.56. The second-order valence-corrected chi connectivity index (χ2v) is 12.5. The Morgan fingerprint density at radius 3 is 1.71 bits per heavy atom. The molecule has 2 aromatic heterocycles. The summed E-state index contributed by atoms with van der Waals surface area (Å²) < 4.78 is 0. The van der Waals surface area contributed by atoms with Crippen LogP contribution < -0.4 is 0 Å². The Hall–Kier alpha value is -6.65. The van der Waals surface area contributed by atoms with Gasteiger partial charge in [-0.2, -0.15) is 4.80 Å². The van der Waals surface area contributed by atoms with Gasteiger partial charge >= 0.3 is 0 Å². The van der Waals surface area contributed by atoms with E-state index >= 15 is 0 Å². The van der Waals surface area contributed by atoms with Crippen LogP contribution in [0.4, 0.5) is 0 Å². The summed E-state index contributed by atoms with van der Waals surface area (Å²) in [6.45, 7) is 0. The number of hydrogen-bond acceptors (Lipinski definition) is 3. The molecule has 4 heteroatoms. The van der Waals surface area contributed by atoms with Gasteiger partial charge in [-0.1, -0.05) is 133 Å². The molecule has 0 amide bonds. The van der Waals surface area contributed by atoms with Crippen LogP contribution in [0.15, 0.2) is 170 Å². The molecule has 0 spiro atoms. The molecule has 0 radical (unpaired) electrons. The Bertz CT molecular complexity index is 2820. The first-order valence-corrected chi connectivity index (χ1v) is 16.5. The maximum atomic E-state index is 5.10. The summed E-state index contributed by atoms with van der Waals surface area (Å²) in [6.07, 6.45) is 3.67. The van der Waals surface area contributed by atoms with Crippen molar-refractivity contribution in [2.75, 3.05) is 0 Å². The monoisotopic (exact) mass is 624 g/mol. The summed E-state index contributed by atoms with van der Waals surface area (Å²) >= 11 is 0. The summed E-state index contributed by atoms with van der Waals surface area (Å²) in [6, 6.07) is 56.2. The molecule has 49 heavy (non-hydrogen) atoms. The van der Waals surface area contributed by atoms with E-state index in [1.54, 1.807) is 11.0 Å². The fourth-order valence-corrected chi connectivity index (χ4v) is 7.56. The Morgan fingerprint density at radius 1 is 0.408 bits per heavy atom. The van der Waals surface area contributed by atoms with Gasteiger partial charge in [0.2, 0.25) is 0 Å². The highest BCUT2D eigenvalue weighted by Crippen LogP contribution is 2.47. The molecular weight excluding hydrogens is 597 g/mol. The van der Waals surface area contributed by atoms with E-state index in [0.29, 0.717) is 0 Å². The highest BCUT2D eigenvalue weighted by molar-refractivity contribution is 6.26. The van der Waals surface area contributed by atoms with Gasteiger partial charge in [-0.25, -0.2) is 0 Å². The second kappa shape index (κ2) is 11.0. The third-order valence-corrected chi connectivity index (χ3v) is 9.72. The van der Waals surface area contributed by atoms with Gasteiger partial charge in [-0.05, 0) is 89.8 Å². The smallest absolute Gasteiger partial charge is 0.121 e. The number of pyridine rings is 1. The summed E-state index contributed by atoms with van der Waals surface area (Å²) in [7, 11) is 0. The highest BCUT2D eigenvalue weighted by Gasteiger charge is 2.21. The Kier molecular flexibility index (Phi) is 6.15. The molecule has 0 saturated heterocycles. The number of aromatic nitrogens is 4. The van der Waals surface area contributed by atoms with Crippen molar-refractivity contribution in [3.8, 4) is 39.1 Å². The van der Waals surface area contributed by atoms with E-state index in [4.69, 9.17) is 10.2 Å². The molecule has 4 nitrogen and oxygen atoms in total. The zero-order valence-corrected chi connectivity index (χ0v) is 26.5. The van der Waals surface area contributed by atoms with Gasteiger partial charge in [-0.15, -0.1) is 10.2 Å². The van der Waals surface area contributed by atoms with Gasteiger partial charge in [0.15, 0.2) is 0 Å². The van der Waals surface area contributed by atoms with E-state index in [1.807, 2.05) is 18.3 Å². The van der Waals surface area contributed by atoms with Crippen molar-refractivity contribution in [1.82, 2.24) is 20.0 Å². The minimum atomic E-state index is 0.853. The van der Waals surface area contributed by atoms with Gasteiger partial charge in [0.05, 0.1) is 5.69 Å². The van der Waals surface area contributed by atoms with Crippen molar-refractivity contribution >= 4 is 54.1 Å². The van der Waals surface area contributed by atoms with Crippen molar-refractivity contribution in [3.05, 3.63) is 170 Å². The minimum Gasteiger partial charge on any atom is -0.264 e. The van der Waals surface area contributed by atoms with Gasteiger partial charge in [-0.3, -0.25) is 4.98 Å². The average molecular weight is 625 g/mol. The fraction of sp³-hybridized carbons (Fsp3) is 0. The Balaban J connectivity index is 1.26. The normalized spacial score (nSPS) is 11.7. The maximum absolute atomic E-state index is 5.10. The first-order valence-electron chi connectivity index (χ1n) is 16.5. The summed E-state index contributed by atoms with van der Waals surface area (Å²) in [4.78, 5) is 6.08. The van der Waals surface area contributed by atoms with E-state index in [1.165, 1.54) is 49.0 Å². The molecular formula is C45H28N4. The molecule has 10 rings (SSSR count). The Morgan fingerprint density at radius 2 is 1.00 bits per heavy atom. The van der Waals surface area contributed by atoms with Gasteiger partial charge in [0.1, 0.15) is 11.0 Å². The predicted octanol–water partition coefficient (Wildman–Crippen LogP) is 11.4. The molecule has 2 heterocycles. The summed E-state index contributed by atoms with van der Waals surface area (Å²) in [5.41, 5.74) is 9.63. The number of rotatable bonds is 4. The van der Waals surface area contributed by atoms with Gasteiger partial charge in [0, 0.05) is 23.3 Å². The van der Waals surface area contributed by atoms with Crippen molar-refractivity contribution in [2.45, 2.75) is 0 Å².